The van der Waals surface area contributed by atoms with Crippen molar-refractivity contribution in [3.05, 3.63) is 40.4 Å². The number of rotatable bonds is 5. The molecule has 0 aliphatic carbocycles. The van der Waals surface area contributed by atoms with Crippen LogP contribution in [0.2, 0.25) is 0 Å². The van der Waals surface area contributed by atoms with Gasteiger partial charge >= 0.3 is 0 Å². The van der Waals surface area contributed by atoms with Crippen LogP contribution in [0.3, 0.4) is 0 Å². The summed E-state index contributed by atoms with van der Waals surface area (Å²) in [5, 5.41) is 9.98. The van der Waals surface area contributed by atoms with Crippen LogP contribution in [0.1, 0.15) is 36.1 Å². The Morgan fingerprint density at radius 2 is 2.00 bits per heavy atom. The standard InChI is InChI=1S/C15H20N4O2S/c1-9(2)12(13-17-18-15(22)19(13)3)16-14(20)10-5-7-11(21-4)8-6-10/h5-9,12H,1-4H3,(H,16,20)(H,18,22). The average molecular weight is 320 g/mol. The number of carbonyl (C=O) groups excluding carboxylic acids is 1. The van der Waals surface area contributed by atoms with E-state index in [1.165, 1.54) is 0 Å². The van der Waals surface area contributed by atoms with E-state index in [-0.39, 0.29) is 17.9 Å². The van der Waals surface area contributed by atoms with E-state index >= 15 is 0 Å². The van der Waals surface area contributed by atoms with E-state index in [1.807, 2.05) is 20.9 Å². The molecule has 0 radical (unpaired) electrons. The van der Waals surface area contributed by atoms with Crippen LogP contribution in [0.4, 0.5) is 0 Å². The third-order valence-electron chi connectivity index (χ3n) is 3.50. The van der Waals surface area contributed by atoms with Gasteiger partial charge < -0.3 is 14.6 Å². The van der Waals surface area contributed by atoms with E-state index in [2.05, 4.69) is 15.5 Å². The van der Waals surface area contributed by atoms with Crippen molar-refractivity contribution in [3.63, 3.8) is 0 Å². The van der Waals surface area contributed by atoms with Gasteiger partial charge in [-0.1, -0.05) is 13.8 Å². The predicted octanol–water partition coefficient (Wildman–Crippen LogP) is 2.61. The second-order valence-electron chi connectivity index (χ2n) is 5.37. The minimum Gasteiger partial charge on any atom is -0.497 e. The molecule has 0 aliphatic rings. The summed E-state index contributed by atoms with van der Waals surface area (Å²) in [7, 11) is 3.42. The number of nitrogens with one attached hydrogen (secondary N) is 2. The van der Waals surface area contributed by atoms with Gasteiger partial charge in [0.1, 0.15) is 5.75 Å². The van der Waals surface area contributed by atoms with Gasteiger partial charge in [0, 0.05) is 12.6 Å². The van der Waals surface area contributed by atoms with Gasteiger partial charge in [0.25, 0.3) is 5.91 Å². The highest BCUT2D eigenvalue weighted by atomic mass is 32.1. The molecule has 0 saturated carbocycles. The van der Waals surface area contributed by atoms with Crippen molar-refractivity contribution in [2.24, 2.45) is 13.0 Å². The fourth-order valence-electron chi connectivity index (χ4n) is 2.13. The Labute approximate surface area is 134 Å². The Bertz CT molecular complexity index is 703. The molecular formula is C15H20N4O2S. The number of nitrogens with zero attached hydrogens (tertiary/aromatic N) is 2. The summed E-state index contributed by atoms with van der Waals surface area (Å²) in [5.74, 6) is 1.44. The molecule has 0 aliphatic heterocycles. The molecule has 0 bridgehead atoms. The second-order valence-corrected chi connectivity index (χ2v) is 5.76. The molecule has 2 aromatic rings. The van der Waals surface area contributed by atoms with Gasteiger partial charge in [-0.15, -0.1) is 0 Å². The van der Waals surface area contributed by atoms with Crippen molar-refractivity contribution in [1.82, 2.24) is 20.1 Å². The monoisotopic (exact) mass is 320 g/mol. The number of aromatic amines is 1. The first kappa shape index (κ1) is 16.2. The van der Waals surface area contributed by atoms with Crippen molar-refractivity contribution in [2.75, 3.05) is 7.11 Å². The van der Waals surface area contributed by atoms with Crippen molar-refractivity contribution in [1.29, 1.82) is 0 Å². The van der Waals surface area contributed by atoms with Crippen molar-refractivity contribution in [3.8, 4) is 5.75 Å². The van der Waals surface area contributed by atoms with E-state index in [4.69, 9.17) is 17.0 Å². The second kappa shape index (κ2) is 6.74. The highest BCUT2D eigenvalue weighted by Gasteiger charge is 2.23. The Balaban J connectivity index is 2.22. The molecule has 1 unspecified atom stereocenters. The minimum atomic E-state index is -0.229. The average Bonchev–Trinajstić information content (AvgIpc) is 2.84. The number of benzene rings is 1. The molecule has 1 aromatic heterocycles. The predicted molar refractivity (Wildman–Crippen MR) is 86.4 cm³/mol. The lowest BCUT2D eigenvalue weighted by Crippen LogP contribution is -2.33. The first-order chi connectivity index (χ1) is 10.4. The van der Waals surface area contributed by atoms with Crippen LogP contribution >= 0.6 is 12.2 Å². The number of hydrogen-bond donors (Lipinski definition) is 2. The maximum atomic E-state index is 12.4. The summed E-state index contributed by atoms with van der Waals surface area (Å²) in [4.78, 5) is 12.4. The van der Waals surface area contributed by atoms with Gasteiger partial charge in [-0.3, -0.25) is 9.89 Å². The molecular weight excluding hydrogens is 300 g/mol. The molecule has 1 heterocycles. The largest absolute Gasteiger partial charge is 0.497 e. The number of methoxy groups -OCH3 is 1. The molecule has 1 atom stereocenters. The molecule has 2 rings (SSSR count). The summed E-state index contributed by atoms with van der Waals surface area (Å²) in [6.45, 7) is 4.05. The van der Waals surface area contributed by atoms with Crippen LogP contribution in [0.15, 0.2) is 24.3 Å². The van der Waals surface area contributed by atoms with E-state index in [1.54, 1.807) is 35.9 Å². The smallest absolute Gasteiger partial charge is 0.251 e. The summed E-state index contributed by atoms with van der Waals surface area (Å²) < 4.78 is 7.39. The number of ether oxygens (including phenoxy) is 1. The van der Waals surface area contributed by atoms with Gasteiger partial charge in [-0.25, -0.2) is 0 Å². The first-order valence-electron chi connectivity index (χ1n) is 7.00. The molecule has 118 valence electrons. The summed E-state index contributed by atoms with van der Waals surface area (Å²) in [6, 6.07) is 6.75. The van der Waals surface area contributed by atoms with Gasteiger partial charge in [-0.05, 0) is 42.4 Å². The fourth-order valence-corrected chi connectivity index (χ4v) is 2.27. The summed E-state index contributed by atoms with van der Waals surface area (Å²) >= 11 is 5.13. The zero-order valence-corrected chi connectivity index (χ0v) is 13.9. The molecule has 0 spiro atoms. The van der Waals surface area contributed by atoms with Crippen molar-refractivity contribution in [2.45, 2.75) is 19.9 Å². The lowest BCUT2D eigenvalue weighted by molar-refractivity contribution is 0.0922. The van der Waals surface area contributed by atoms with Crippen molar-refractivity contribution >= 4 is 18.1 Å². The third-order valence-corrected chi connectivity index (χ3v) is 3.86. The number of amides is 1. The van der Waals surface area contributed by atoms with E-state index in [0.29, 0.717) is 21.9 Å². The highest BCUT2D eigenvalue weighted by molar-refractivity contribution is 7.71. The van der Waals surface area contributed by atoms with E-state index in [9.17, 15) is 4.79 Å². The molecule has 1 amide bonds. The Morgan fingerprint density at radius 3 is 2.45 bits per heavy atom. The zero-order chi connectivity index (χ0) is 16.3. The molecule has 7 heteroatoms. The lowest BCUT2D eigenvalue weighted by atomic mass is 10.0. The maximum absolute atomic E-state index is 12.4. The van der Waals surface area contributed by atoms with Crippen LogP contribution in [0.5, 0.6) is 5.75 Å². The quantitative estimate of drug-likeness (QED) is 0.831. The summed E-state index contributed by atoms with van der Waals surface area (Å²) in [6.07, 6.45) is 0. The number of aromatic nitrogens is 3. The number of H-pyrrole nitrogens is 1. The Morgan fingerprint density at radius 1 is 1.36 bits per heavy atom. The molecule has 22 heavy (non-hydrogen) atoms. The zero-order valence-electron chi connectivity index (χ0n) is 13.1. The first-order valence-corrected chi connectivity index (χ1v) is 7.41. The van der Waals surface area contributed by atoms with Crippen molar-refractivity contribution < 1.29 is 9.53 Å². The normalized spacial score (nSPS) is 12.2. The SMILES string of the molecule is COc1ccc(C(=O)NC(c2n[nH]c(=S)n2C)C(C)C)cc1. The molecule has 2 N–H and O–H groups in total. The maximum Gasteiger partial charge on any atom is 0.251 e. The Hall–Kier alpha value is -2.15. The Kier molecular flexibility index (Phi) is 4.97. The highest BCUT2D eigenvalue weighted by Crippen LogP contribution is 2.20. The number of hydrogen-bond acceptors (Lipinski definition) is 4. The van der Waals surface area contributed by atoms with E-state index < -0.39 is 0 Å². The minimum absolute atomic E-state index is 0.157. The lowest BCUT2D eigenvalue weighted by Gasteiger charge is -2.21. The van der Waals surface area contributed by atoms with Crippen LogP contribution in [0, 0.1) is 10.7 Å². The van der Waals surface area contributed by atoms with Gasteiger partial charge in [0.05, 0.1) is 13.2 Å². The molecule has 0 fully saturated rings. The van der Waals surface area contributed by atoms with Crippen LogP contribution in [0.25, 0.3) is 0 Å². The molecule has 0 saturated heterocycles. The van der Waals surface area contributed by atoms with Crippen LogP contribution in [-0.4, -0.2) is 27.8 Å². The topological polar surface area (TPSA) is 71.9 Å². The fraction of sp³-hybridized carbons (Fsp3) is 0.400. The van der Waals surface area contributed by atoms with Crippen LogP contribution < -0.4 is 10.1 Å². The van der Waals surface area contributed by atoms with E-state index in [0.717, 1.165) is 0 Å². The summed E-state index contributed by atoms with van der Waals surface area (Å²) in [5.41, 5.74) is 0.572. The van der Waals surface area contributed by atoms with Gasteiger partial charge in [0.2, 0.25) is 0 Å². The molecule has 6 nitrogen and oxygen atoms in total. The third kappa shape index (κ3) is 3.36. The van der Waals surface area contributed by atoms with Crippen LogP contribution in [-0.2, 0) is 7.05 Å². The van der Waals surface area contributed by atoms with Gasteiger partial charge in [0.15, 0.2) is 10.6 Å². The molecule has 1 aromatic carbocycles. The van der Waals surface area contributed by atoms with Gasteiger partial charge in [-0.2, -0.15) is 5.10 Å². The number of carbonyl (C=O) groups is 1.